The number of nitrogens with one attached hydrogen (secondary N) is 2. The second-order valence-electron chi connectivity index (χ2n) is 10.8. The third-order valence-electron chi connectivity index (χ3n) is 8.10. The number of benzene rings is 2. The zero-order chi connectivity index (χ0) is 22.2. The normalized spacial score (nSPS) is 27.4. The maximum atomic E-state index is 5.65. The van der Waals surface area contributed by atoms with Crippen LogP contribution in [-0.2, 0) is 11.8 Å². The maximum Gasteiger partial charge on any atom is 0.170 e. The van der Waals surface area contributed by atoms with Crippen LogP contribution in [0.1, 0.15) is 81.5 Å². The lowest BCUT2D eigenvalue weighted by Crippen LogP contribution is -2.53. The summed E-state index contributed by atoms with van der Waals surface area (Å²) in [6.45, 7) is 12.7. The Bertz CT molecular complexity index is 965. The monoisotopic (exact) mass is 434 g/mol. The fourth-order valence-corrected chi connectivity index (χ4v) is 6.58. The van der Waals surface area contributed by atoms with Crippen molar-refractivity contribution in [2.45, 2.75) is 78.1 Å². The summed E-state index contributed by atoms with van der Waals surface area (Å²) in [5.74, 6) is 1.28. The predicted octanol–water partition coefficient (Wildman–Crippen LogP) is 7.12. The molecule has 0 spiro atoms. The molecule has 31 heavy (non-hydrogen) atoms. The third-order valence-corrected chi connectivity index (χ3v) is 8.34. The first kappa shape index (κ1) is 22.3. The minimum Gasteiger partial charge on any atom is -0.362 e. The molecule has 0 heterocycles. The van der Waals surface area contributed by atoms with Gasteiger partial charge in [0.2, 0.25) is 0 Å². The standard InChI is InChI=1S/C28H38N2S/c1-19(2)21-10-12-24-22(17-21)11-13-25-27(4,14-7-15-28(24,25)5)18-29-26(31)30-23-9-6-8-20(3)16-23/h6,8-10,12,16-17,19,25H,7,11,13-15,18H2,1-5H3,(H2,29,30,31)/t25-,27-,28+/m1/s1. The first-order valence-electron chi connectivity index (χ1n) is 12.0. The molecular weight excluding hydrogens is 396 g/mol. The van der Waals surface area contributed by atoms with Crippen molar-refractivity contribution in [2.75, 3.05) is 11.9 Å². The van der Waals surface area contributed by atoms with E-state index in [1.807, 2.05) is 0 Å². The van der Waals surface area contributed by atoms with Crippen LogP contribution in [-0.4, -0.2) is 11.7 Å². The van der Waals surface area contributed by atoms with Crippen molar-refractivity contribution in [1.82, 2.24) is 5.32 Å². The number of thiocarbonyl (C=S) groups is 1. The molecule has 0 aromatic heterocycles. The molecule has 1 saturated carbocycles. The Labute approximate surface area is 194 Å². The number of rotatable bonds is 4. The molecule has 0 bridgehead atoms. The van der Waals surface area contributed by atoms with E-state index < -0.39 is 0 Å². The predicted molar refractivity (Wildman–Crippen MR) is 137 cm³/mol. The molecule has 3 atom stereocenters. The van der Waals surface area contributed by atoms with Gasteiger partial charge in [0.15, 0.2) is 5.11 Å². The number of fused-ring (bicyclic) bond motifs is 3. The smallest absolute Gasteiger partial charge is 0.170 e. The van der Waals surface area contributed by atoms with E-state index in [1.165, 1.54) is 43.2 Å². The SMILES string of the molecule is Cc1cccc(NC(=S)NC[C@@]2(C)CCC[C@@]3(C)c4ccc(C(C)C)cc4CC[C@H]23)c1. The van der Waals surface area contributed by atoms with Gasteiger partial charge >= 0.3 is 0 Å². The summed E-state index contributed by atoms with van der Waals surface area (Å²) in [5.41, 5.74) is 7.50. The molecule has 2 nitrogen and oxygen atoms in total. The van der Waals surface area contributed by atoms with E-state index in [2.05, 4.69) is 87.7 Å². The number of aryl methyl sites for hydroxylation is 2. The van der Waals surface area contributed by atoms with Crippen LogP contribution in [0.2, 0.25) is 0 Å². The Morgan fingerprint density at radius 3 is 2.68 bits per heavy atom. The molecule has 2 aromatic carbocycles. The fraction of sp³-hybridized carbons (Fsp3) is 0.536. The first-order chi connectivity index (χ1) is 14.7. The lowest BCUT2D eigenvalue weighted by Gasteiger charge is -2.55. The van der Waals surface area contributed by atoms with Crippen molar-refractivity contribution in [3.63, 3.8) is 0 Å². The van der Waals surface area contributed by atoms with Gasteiger partial charge in [-0.2, -0.15) is 0 Å². The van der Waals surface area contributed by atoms with Crippen LogP contribution in [0, 0.1) is 18.3 Å². The minimum absolute atomic E-state index is 0.250. The van der Waals surface area contributed by atoms with Gasteiger partial charge in [-0.15, -0.1) is 0 Å². The lowest BCUT2D eigenvalue weighted by atomic mass is 9.49. The fourth-order valence-electron chi connectivity index (χ4n) is 6.39. The Morgan fingerprint density at radius 1 is 1.13 bits per heavy atom. The Morgan fingerprint density at radius 2 is 1.94 bits per heavy atom. The largest absolute Gasteiger partial charge is 0.362 e. The van der Waals surface area contributed by atoms with Crippen molar-refractivity contribution in [3.05, 3.63) is 64.7 Å². The summed E-state index contributed by atoms with van der Waals surface area (Å²) in [5, 5.41) is 7.69. The van der Waals surface area contributed by atoms with Gasteiger partial charge in [0, 0.05) is 12.2 Å². The highest BCUT2D eigenvalue weighted by Gasteiger charge is 2.51. The van der Waals surface area contributed by atoms with E-state index >= 15 is 0 Å². The molecule has 166 valence electrons. The second-order valence-corrected chi connectivity index (χ2v) is 11.2. The molecule has 0 saturated heterocycles. The maximum absolute atomic E-state index is 5.65. The van der Waals surface area contributed by atoms with Crippen LogP contribution in [0.15, 0.2) is 42.5 Å². The lowest BCUT2D eigenvalue weighted by molar-refractivity contribution is 0.0294. The molecule has 3 heteroatoms. The minimum atomic E-state index is 0.250. The van der Waals surface area contributed by atoms with Crippen LogP contribution < -0.4 is 10.6 Å². The van der Waals surface area contributed by atoms with Gasteiger partial charge in [-0.05, 0) is 102 Å². The highest BCUT2D eigenvalue weighted by atomic mass is 32.1. The van der Waals surface area contributed by atoms with Crippen LogP contribution in [0.5, 0.6) is 0 Å². The molecule has 2 N–H and O–H groups in total. The number of anilines is 1. The Hall–Kier alpha value is -1.87. The van der Waals surface area contributed by atoms with Crippen molar-refractivity contribution in [2.24, 2.45) is 11.3 Å². The summed E-state index contributed by atoms with van der Waals surface area (Å²) in [7, 11) is 0. The van der Waals surface area contributed by atoms with Crippen molar-refractivity contribution in [3.8, 4) is 0 Å². The average Bonchev–Trinajstić information content (AvgIpc) is 2.72. The summed E-state index contributed by atoms with van der Waals surface area (Å²) in [6.07, 6.45) is 6.34. The third kappa shape index (κ3) is 4.39. The molecular formula is C28H38N2S. The highest BCUT2D eigenvalue weighted by molar-refractivity contribution is 7.80. The summed E-state index contributed by atoms with van der Waals surface area (Å²) < 4.78 is 0. The quantitative estimate of drug-likeness (QED) is 0.501. The van der Waals surface area contributed by atoms with Gasteiger partial charge in [-0.3, -0.25) is 0 Å². The zero-order valence-electron chi connectivity index (χ0n) is 19.8. The van der Waals surface area contributed by atoms with Gasteiger partial charge in [0.25, 0.3) is 0 Å². The molecule has 0 radical (unpaired) electrons. The van der Waals surface area contributed by atoms with E-state index in [4.69, 9.17) is 12.2 Å². The van der Waals surface area contributed by atoms with Gasteiger partial charge in [0.05, 0.1) is 0 Å². The summed E-state index contributed by atoms with van der Waals surface area (Å²) in [6, 6.07) is 15.7. The van der Waals surface area contributed by atoms with E-state index in [0.29, 0.717) is 11.8 Å². The molecule has 2 aliphatic rings. The van der Waals surface area contributed by atoms with E-state index in [0.717, 1.165) is 17.3 Å². The molecule has 0 aliphatic heterocycles. The van der Waals surface area contributed by atoms with Gasteiger partial charge < -0.3 is 10.6 Å². The first-order valence-corrected chi connectivity index (χ1v) is 12.4. The number of hydrogen-bond donors (Lipinski definition) is 2. The summed E-state index contributed by atoms with van der Waals surface area (Å²) >= 11 is 5.65. The van der Waals surface area contributed by atoms with Crippen molar-refractivity contribution < 1.29 is 0 Å². The van der Waals surface area contributed by atoms with Crippen LogP contribution in [0.25, 0.3) is 0 Å². The molecule has 2 aliphatic carbocycles. The Kier molecular flexibility index (Phi) is 6.18. The molecule has 4 rings (SSSR count). The van der Waals surface area contributed by atoms with Crippen molar-refractivity contribution in [1.29, 1.82) is 0 Å². The second kappa shape index (κ2) is 8.58. The van der Waals surface area contributed by atoms with Gasteiger partial charge in [0.1, 0.15) is 0 Å². The van der Waals surface area contributed by atoms with Gasteiger partial charge in [-0.1, -0.05) is 64.4 Å². The zero-order valence-corrected chi connectivity index (χ0v) is 20.7. The Balaban J connectivity index is 1.50. The van der Waals surface area contributed by atoms with Gasteiger partial charge in [-0.25, -0.2) is 0 Å². The number of hydrogen-bond acceptors (Lipinski definition) is 1. The topological polar surface area (TPSA) is 24.1 Å². The van der Waals surface area contributed by atoms with Crippen molar-refractivity contribution >= 4 is 23.0 Å². The van der Waals surface area contributed by atoms with Crippen LogP contribution in [0.3, 0.4) is 0 Å². The van der Waals surface area contributed by atoms with Crippen LogP contribution >= 0.6 is 12.2 Å². The van der Waals surface area contributed by atoms with Crippen LogP contribution in [0.4, 0.5) is 5.69 Å². The van der Waals surface area contributed by atoms with E-state index in [9.17, 15) is 0 Å². The molecule has 2 aromatic rings. The van der Waals surface area contributed by atoms with E-state index in [1.54, 1.807) is 11.1 Å². The van der Waals surface area contributed by atoms with E-state index in [-0.39, 0.29) is 10.8 Å². The molecule has 0 unspecified atom stereocenters. The summed E-state index contributed by atoms with van der Waals surface area (Å²) in [4.78, 5) is 0. The average molecular weight is 435 g/mol. The highest BCUT2D eigenvalue weighted by Crippen LogP contribution is 2.57. The molecule has 1 fully saturated rings. The molecule has 0 amide bonds.